The molecule has 2 heterocycles. The summed E-state index contributed by atoms with van der Waals surface area (Å²) in [4.78, 5) is 16.9. The van der Waals surface area contributed by atoms with Crippen LogP contribution in [-0.2, 0) is 5.54 Å². The van der Waals surface area contributed by atoms with Gasteiger partial charge >= 0.3 is 0 Å². The van der Waals surface area contributed by atoms with Gasteiger partial charge in [-0.1, -0.05) is 0 Å². The highest BCUT2D eigenvalue weighted by molar-refractivity contribution is 6.03. The first-order valence-electron chi connectivity index (χ1n) is 9.91. The maximum Gasteiger partial charge on any atom is 0.276 e. The topological polar surface area (TPSA) is 69.0 Å². The number of hydrogen-bond donors (Lipinski definition) is 1. The second kappa shape index (κ2) is 7.35. The molecular formula is C23H26N4O2. The van der Waals surface area contributed by atoms with Crippen molar-refractivity contribution in [1.82, 2.24) is 14.8 Å². The number of hydrogen-bond acceptors (Lipinski definition) is 4. The molecule has 1 saturated carbocycles. The standard InChI is InChI=1S/C23H26N4O2/c1-15-12-17(9-10-21(15)29-18-6-5-11-24-14-18)25-22(28)19-13-20(16-7-8-16)27(26-19)23(2,3)4/h5-6,9-14,16H,7-8H2,1-4H3,(H,25,28). The highest BCUT2D eigenvalue weighted by Crippen LogP contribution is 2.41. The summed E-state index contributed by atoms with van der Waals surface area (Å²) in [6, 6.07) is 11.2. The predicted molar refractivity (Wildman–Crippen MR) is 113 cm³/mol. The third kappa shape index (κ3) is 4.31. The number of carbonyl (C=O) groups is 1. The Morgan fingerprint density at radius 2 is 2.00 bits per heavy atom. The first-order valence-corrected chi connectivity index (χ1v) is 9.91. The number of aryl methyl sites for hydroxylation is 1. The number of amides is 1. The molecular weight excluding hydrogens is 364 g/mol. The number of anilines is 1. The summed E-state index contributed by atoms with van der Waals surface area (Å²) in [7, 11) is 0. The van der Waals surface area contributed by atoms with Crippen LogP contribution in [-0.4, -0.2) is 20.7 Å². The lowest BCUT2D eigenvalue weighted by molar-refractivity contribution is 0.102. The number of nitrogens with one attached hydrogen (secondary N) is 1. The number of ether oxygens (including phenoxy) is 1. The molecule has 6 heteroatoms. The summed E-state index contributed by atoms with van der Waals surface area (Å²) in [5, 5.41) is 7.57. The molecule has 0 aliphatic heterocycles. The van der Waals surface area contributed by atoms with E-state index in [1.807, 2.05) is 48.0 Å². The van der Waals surface area contributed by atoms with E-state index in [1.165, 1.54) is 12.8 Å². The lowest BCUT2D eigenvalue weighted by atomic mass is 10.1. The molecule has 0 spiro atoms. The van der Waals surface area contributed by atoms with Gasteiger partial charge in [-0.05, 0) is 82.5 Å². The summed E-state index contributed by atoms with van der Waals surface area (Å²) >= 11 is 0. The maximum atomic E-state index is 12.8. The van der Waals surface area contributed by atoms with Gasteiger partial charge in [-0.2, -0.15) is 5.10 Å². The van der Waals surface area contributed by atoms with Crippen LogP contribution in [0.2, 0.25) is 0 Å². The Kier molecular flexibility index (Phi) is 4.86. The van der Waals surface area contributed by atoms with E-state index in [0.717, 1.165) is 17.0 Å². The van der Waals surface area contributed by atoms with Gasteiger partial charge in [0.1, 0.15) is 11.5 Å². The van der Waals surface area contributed by atoms with Crippen molar-refractivity contribution in [2.24, 2.45) is 0 Å². The minimum absolute atomic E-state index is 0.154. The van der Waals surface area contributed by atoms with Crippen LogP contribution in [0.5, 0.6) is 11.5 Å². The Balaban J connectivity index is 1.51. The van der Waals surface area contributed by atoms with Gasteiger partial charge in [0.05, 0.1) is 11.7 Å². The molecule has 0 unspecified atom stereocenters. The molecule has 2 aromatic heterocycles. The zero-order valence-electron chi connectivity index (χ0n) is 17.3. The first-order chi connectivity index (χ1) is 13.8. The number of nitrogens with zero attached hydrogens (tertiary/aromatic N) is 3. The fraction of sp³-hybridized carbons (Fsp3) is 0.348. The van der Waals surface area contributed by atoms with Crippen LogP contribution in [0, 0.1) is 6.92 Å². The van der Waals surface area contributed by atoms with Crippen molar-refractivity contribution < 1.29 is 9.53 Å². The summed E-state index contributed by atoms with van der Waals surface area (Å²) in [5.74, 6) is 1.72. The average molecular weight is 390 g/mol. The van der Waals surface area contributed by atoms with Gasteiger partial charge in [-0.3, -0.25) is 14.5 Å². The van der Waals surface area contributed by atoms with Gasteiger partial charge in [0, 0.05) is 23.5 Å². The minimum atomic E-state index is -0.199. The van der Waals surface area contributed by atoms with Gasteiger partial charge in [0.15, 0.2) is 5.69 Å². The first kappa shape index (κ1) is 19.2. The Labute approximate surface area is 170 Å². The SMILES string of the molecule is Cc1cc(NC(=O)c2cc(C3CC3)n(C(C)(C)C)n2)ccc1Oc1cccnc1. The molecule has 1 fully saturated rings. The molecule has 0 atom stereocenters. The molecule has 1 aliphatic rings. The molecule has 29 heavy (non-hydrogen) atoms. The van der Waals surface area contributed by atoms with E-state index >= 15 is 0 Å². The Hall–Kier alpha value is -3.15. The molecule has 3 aromatic rings. The molecule has 1 aromatic carbocycles. The average Bonchev–Trinajstić information content (AvgIpc) is 3.41. The van der Waals surface area contributed by atoms with Crippen LogP contribution in [0.15, 0.2) is 48.8 Å². The zero-order chi connectivity index (χ0) is 20.6. The largest absolute Gasteiger partial charge is 0.455 e. The lowest BCUT2D eigenvalue weighted by Crippen LogP contribution is -2.25. The smallest absolute Gasteiger partial charge is 0.276 e. The van der Waals surface area contributed by atoms with Crippen LogP contribution >= 0.6 is 0 Å². The quantitative estimate of drug-likeness (QED) is 0.645. The second-order valence-corrected chi connectivity index (χ2v) is 8.54. The normalized spacial score (nSPS) is 13.9. The van der Waals surface area contributed by atoms with Crippen molar-refractivity contribution >= 4 is 11.6 Å². The van der Waals surface area contributed by atoms with E-state index < -0.39 is 0 Å². The monoisotopic (exact) mass is 390 g/mol. The van der Waals surface area contributed by atoms with Gasteiger partial charge in [-0.15, -0.1) is 0 Å². The zero-order valence-corrected chi connectivity index (χ0v) is 17.3. The van der Waals surface area contributed by atoms with E-state index in [-0.39, 0.29) is 11.4 Å². The summed E-state index contributed by atoms with van der Waals surface area (Å²) in [6.07, 6.45) is 5.70. The van der Waals surface area contributed by atoms with Crippen LogP contribution in [0.4, 0.5) is 5.69 Å². The van der Waals surface area contributed by atoms with E-state index in [4.69, 9.17) is 4.74 Å². The van der Waals surface area contributed by atoms with Gasteiger partial charge in [0.25, 0.3) is 5.91 Å². The van der Waals surface area contributed by atoms with Crippen LogP contribution in [0.1, 0.15) is 61.3 Å². The summed E-state index contributed by atoms with van der Waals surface area (Å²) < 4.78 is 7.85. The van der Waals surface area contributed by atoms with Gasteiger partial charge in [0.2, 0.25) is 0 Å². The maximum absolute atomic E-state index is 12.8. The Bertz CT molecular complexity index is 1030. The highest BCUT2D eigenvalue weighted by Gasteiger charge is 2.32. The third-order valence-electron chi connectivity index (χ3n) is 4.90. The molecule has 1 amide bonds. The van der Waals surface area contributed by atoms with Gasteiger partial charge in [-0.25, -0.2) is 0 Å². The van der Waals surface area contributed by atoms with E-state index in [2.05, 4.69) is 36.2 Å². The highest BCUT2D eigenvalue weighted by atomic mass is 16.5. The van der Waals surface area contributed by atoms with Crippen molar-refractivity contribution in [3.05, 3.63) is 65.7 Å². The Morgan fingerprint density at radius 3 is 2.62 bits per heavy atom. The van der Waals surface area contributed by atoms with Crippen LogP contribution in [0.3, 0.4) is 0 Å². The number of carbonyl (C=O) groups excluding carboxylic acids is 1. The van der Waals surface area contributed by atoms with Crippen molar-refractivity contribution in [2.75, 3.05) is 5.32 Å². The van der Waals surface area contributed by atoms with E-state index in [0.29, 0.717) is 23.0 Å². The van der Waals surface area contributed by atoms with Crippen LogP contribution in [0.25, 0.3) is 0 Å². The van der Waals surface area contributed by atoms with Crippen molar-refractivity contribution in [3.8, 4) is 11.5 Å². The van der Waals surface area contributed by atoms with Crippen LogP contribution < -0.4 is 10.1 Å². The summed E-state index contributed by atoms with van der Waals surface area (Å²) in [5.41, 5.74) is 3.09. The third-order valence-corrected chi connectivity index (χ3v) is 4.90. The fourth-order valence-electron chi connectivity index (χ4n) is 3.28. The number of benzene rings is 1. The fourth-order valence-corrected chi connectivity index (χ4v) is 3.28. The molecule has 0 bridgehead atoms. The predicted octanol–water partition coefficient (Wildman–Crippen LogP) is 5.26. The molecule has 4 rings (SSSR count). The number of aromatic nitrogens is 3. The second-order valence-electron chi connectivity index (χ2n) is 8.54. The van der Waals surface area contributed by atoms with Crippen molar-refractivity contribution in [2.45, 2.75) is 52.0 Å². The molecule has 6 nitrogen and oxygen atoms in total. The lowest BCUT2D eigenvalue weighted by Gasteiger charge is -2.22. The van der Waals surface area contributed by atoms with E-state index in [1.54, 1.807) is 12.4 Å². The number of pyridine rings is 1. The van der Waals surface area contributed by atoms with E-state index in [9.17, 15) is 4.79 Å². The minimum Gasteiger partial charge on any atom is -0.455 e. The number of rotatable bonds is 5. The summed E-state index contributed by atoms with van der Waals surface area (Å²) in [6.45, 7) is 8.27. The molecule has 0 saturated heterocycles. The molecule has 1 N–H and O–H groups in total. The Morgan fingerprint density at radius 1 is 1.21 bits per heavy atom. The van der Waals surface area contributed by atoms with Gasteiger partial charge < -0.3 is 10.1 Å². The van der Waals surface area contributed by atoms with Crippen molar-refractivity contribution in [1.29, 1.82) is 0 Å². The molecule has 150 valence electrons. The van der Waals surface area contributed by atoms with Crippen molar-refractivity contribution in [3.63, 3.8) is 0 Å². The molecule has 1 aliphatic carbocycles. The molecule has 0 radical (unpaired) electrons.